The van der Waals surface area contributed by atoms with Crippen molar-refractivity contribution in [3.05, 3.63) is 6.92 Å². The van der Waals surface area contributed by atoms with Crippen LogP contribution < -0.4 is 11.5 Å². The molecule has 0 amide bonds. The van der Waals surface area contributed by atoms with E-state index in [0.29, 0.717) is 13.1 Å². The highest BCUT2D eigenvalue weighted by molar-refractivity contribution is 4.77. The standard InChI is InChI=1S/C6H15N2/c1-6(2,5-8)3-4-7/h1,3-5,7-8H2,2H3. The first kappa shape index (κ1) is 7.92. The Morgan fingerprint density at radius 2 is 2.00 bits per heavy atom. The molecule has 1 atom stereocenters. The average Bonchev–Trinajstić information content (AvgIpc) is 1.67. The van der Waals surface area contributed by atoms with Crippen molar-refractivity contribution in [2.45, 2.75) is 13.3 Å². The summed E-state index contributed by atoms with van der Waals surface area (Å²) in [7, 11) is 0. The Morgan fingerprint density at radius 1 is 1.50 bits per heavy atom. The molecular formula is C6H15N2. The summed E-state index contributed by atoms with van der Waals surface area (Å²) >= 11 is 0. The van der Waals surface area contributed by atoms with Gasteiger partial charge >= 0.3 is 0 Å². The normalized spacial score (nSPS) is 12.0. The fourth-order valence-electron chi connectivity index (χ4n) is 0.451. The summed E-state index contributed by atoms with van der Waals surface area (Å²) in [6.07, 6.45) is 0.906. The van der Waals surface area contributed by atoms with Crippen LogP contribution >= 0.6 is 0 Å². The summed E-state index contributed by atoms with van der Waals surface area (Å²) < 4.78 is 0. The van der Waals surface area contributed by atoms with Crippen molar-refractivity contribution in [2.24, 2.45) is 16.9 Å². The van der Waals surface area contributed by atoms with Crippen LogP contribution in [0, 0.1) is 12.3 Å². The van der Waals surface area contributed by atoms with E-state index < -0.39 is 0 Å². The Kier molecular flexibility index (Phi) is 3.02. The topological polar surface area (TPSA) is 52.0 Å². The van der Waals surface area contributed by atoms with Crippen LogP contribution in [0.4, 0.5) is 0 Å². The van der Waals surface area contributed by atoms with Gasteiger partial charge < -0.3 is 11.5 Å². The van der Waals surface area contributed by atoms with Gasteiger partial charge in [-0.2, -0.15) is 0 Å². The second kappa shape index (κ2) is 3.05. The van der Waals surface area contributed by atoms with Crippen LogP contribution in [-0.4, -0.2) is 13.1 Å². The van der Waals surface area contributed by atoms with Crippen molar-refractivity contribution in [1.29, 1.82) is 0 Å². The first-order valence-electron chi connectivity index (χ1n) is 2.88. The zero-order valence-electron chi connectivity index (χ0n) is 5.48. The third-order valence-corrected chi connectivity index (χ3v) is 1.24. The monoisotopic (exact) mass is 115 g/mol. The molecule has 0 aromatic rings. The van der Waals surface area contributed by atoms with E-state index in [0.717, 1.165) is 6.42 Å². The van der Waals surface area contributed by atoms with Crippen LogP contribution in [0.3, 0.4) is 0 Å². The van der Waals surface area contributed by atoms with Crippen molar-refractivity contribution < 1.29 is 0 Å². The molecule has 1 radical (unpaired) electrons. The van der Waals surface area contributed by atoms with E-state index in [4.69, 9.17) is 11.5 Å². The van der Waals surface area contributed by atoms with E-state index in [1.54, 1.807) is 0 Å². The maximum absolute atomic E-state index is 5.37. The number of hydrogen-bond donors (Lipinski definition) is 2. The molecule has 0 saturated heterocycles. The first-order valence-corrected chi connectivity index (χ1v) is 2.88. The maximum atomic E-state index is 5.37. The lowest BCUT2D eigenvalue weighted by Crippen LogP contribution is -2.26. The molecule has 0 aromatic heterocycles. The summed E-state index contributed by atoms with van der Waals surface area (Å²) in [5.41, 5.74) is 10.7. The molecule has 0 aliphatic carbocycles. The Bertz CT molecular complexity index is 59.5. The Morgan fingerprint density at radius 3 is 2.12 bits per heavy atom. The predicted octanol–water partition coefficient (Wildman–Crippen LogP) is 0.134. The molecule has 49 valence electrons. The molecule has 0 bridgehead atoms. The highest BCUT2D eigenvalue weighted by Crippen LogP contribution is 2.15. The molecule has 0 aromatic carbocycles. The van der Waals surface area contributed by atoms with Gasteiger partial charge in [0.2, 0.25) is 0 Å². The van der Waals surface area contributed by atoms with E-state index >= 15 is 0 Å². The molecule has 1 unspecified atom stereocenters. The molecular weight excluding hydrogens is 100 g/mol. The third-order valence-electron chi connectivity index (χ3n) is 1.24. The first-order chi connectivity index (χ1) is 3.62. The molecule has 2 nitrogen and oxygen atoms in total. The van der Waals surface area contributed by atoms with E-state index in [2.05, 4.69) is 6.92 Å². The molecule has 0 aliphatic heterocycles. The summed E-state index contributed by atoms with van der Waals surface area (Å²) in [6.45, 7) is 7.18. The highest BCUT2D eigenvalue weighted by atomic mass is 14.6. The van der Waals surface area contributed by atoms with Crippen molar-refractivity contribution >= 4 is 0 Å². The van der Waals surface area contributed by atoms with Crippen LogP contribution in [0.1, 0.15) is 13.3 Å². The van der Waals surface area contributed by atoms with E-state index in [1.165, 1.54) is 0 Å². The largest absolute Gasteiger partial charge is 0.330 e. The van der Waals surface area contributed by atoms with Gasteiger partial charge in [-0.1, -0.05) is 6.92 Å². The van der Waals surface area contributed by atoms with Gasteiger partial charge in [-0.15, -0.1) is 0 Å². The van der Waals surface area contributed by atoms with Crippen molar-refractivity contribution in [1.82, 2.24) is 0 Å². The number of hydrogen-bond acceptors (Lipinski definition) is 2. The average molecular weight is 115 g/mol. The second-order valence-electron chi connectivity index (χ2n) is 2.55. The molecule has 2 heteroatoms. The summed E-state index contributed by atoms with van der Waals surface area (Å²) in [5, 5.41) is 0. The van der Waals surface area contributed by atoms with Crippen molar-refractivity contribution in [3.63, 3.8) is 0 Å². The minimum Gasteiger partial charge on any atom is -0.330 e. The quantitative estimate of drug-likeness (QED) is 0.549. The van der Waals surface area contributed by atoms with E-state index in [9.17, 15) is 0 Å². The Hall–Kier alpha value is -0.0800. The zero-order chi connectivity index (χ0) is 6.62. The van der Waals surface area contributed by atoms with Gasteiger partial charge in [0.15, 0.2) is 0 Å². The highest BCUT2D eigenvalue weighted by Gasteiger charge is 2.12. The van der Waals surface area contributed by atoms with Gasteiger partial charge in [-0.25, -0.2) is 0 Å². The summed E-state index contributed by atoms with van der Waals surface area (Å²) in [5.74, 6) is 0. The molecule has 0 spiro atoms. The van der Waals surface area contributed by atoms with Crippen molar-refractivity contribution in [3.8, 4) is 0 Å². The fourth-order valence-corrected chi connectivity index (χ4v) is 0.451. The van der Waals surface area contributed by atoms with Gasteiger partial charge in [-0.3, -0.25) is 0 Å². The van der Waals surface area contributed by atoms with Crippen LogP contribution in [-0.2, 0) is 0 Å². The van der Waals surface area contributed by atoms with Gasteiger partial charge in [0.25, 0.3) is 0 Å². The SMILES string of the molecule is [CH2]C(C)(CN)CCN. The molecule has 0 heterocycles. The minimum absolute atomic E-state index is 0.00521. The molecule has 0 fully saturated rings. The van der Waals surface area contributed by atoms with E-state index in [1.807, 2.05) is 6.92 Å². The molecule has 0 aliphatic rings. The summed E-state index contributed by atoms with van der Waals surface area (Å²) in [4.78, 5) is 0. The van der Waals surface area contributed by atoms with Crippen LogP contribution in [0.15, 0.2) is 0 Å². The van der Waals surface area contributed by atoms with Crippen molar-refractivity contribution in [2.75, 3.05) is 13.1 Å². The Balaban J connectivity index is 3.37. The fraction of sp³-hybridized carbons (Fsp3) is 0.833. The molecule has 0 saturated carbocycles. The maximum Gasteiger partial charge on any atom is -0.00227 e. The minimum atomic E-state index is -0.00521. The lowest BCUT2D eigenvalue weighted by molar-refractivity contribution is 0.406. The molecule has 8 heavy (non-hydrogen) atoms. The number of nitrogens with two attached hydrogens (primary N) is 2. The summed E-state index contributed by atoms with van der Waals surface area (Å²) in [6, 6.07) is 0. The van der Waals surface area contributed by atoms with Crippen LogP contribution in [0.2, 0.25) is 0 Å². The van der Waals surface area contributed by atoms with Gasteiger partial charge in [-0.05, 0) is 31.8 Å². The van der Waals surface area contributed by atoms with Crippen LogP contribution in [0.25, 0.3) is 0 Å². The Labute approximate surface area is 51.2 Å². The molecule has 4 N–H and O–H groups in total. The van der Waals surface area contributed by atoms with Gasteiger partial charge in [0, 0.05) is 0 Å². The predicted molar refractivity (Wildman–Crippen MR) is 36.2 cm³/mol. The zero-order valence-corrected chi connectivity index (χ0v) is 5.48. The number of rotatable bonds is 3. The third kappa shape index (κ3) is 2.99. The van der Waals surface area contributed by atoms with Gasteiger partial charge in [0.1, 0.15) is 0 Å². The van der Waals surface area contributed by atoms with Crippen LogP contribution in [0.5, 0.6) is 0 Å². The lowest BCUT2D eigenvalue weighted by atomic mass is 9.90. The van der Waals surface area contributed by atoms with Gasteiger partial charge in [0.05, 0.1) is 0 Å². The second-order valence-corrected chi connectivity index (χ2v) is 2.55. The smallest absolute Gasteiger partial charge is 0.00227 e. The lowest BCUT2D eigenvalue weighted by Gasteiger charge is -2.20. The van der Waals surface area contributed by atoms with E-state index in [-0.39, 0.29) is 5.41 Å². The molecule has 0 rings (SSSR count).